The van der Waals surface area contributed by atoms with Gasteiger partial charge in [0.05, 0.1) is 16.3 Å². The number of thiazole rings is 1. The van der Waals surface area contributed by atoms with E-state index in [1.807, 2.05) is 30.3 Å². The molecule has 2 heterocycles. The van der Waals surface area contributed by atoms with Gasteiger partial charge in [-0.1, -0.05) is 59.0 Å². The molecule has 0 spiro atoms. The number of ketones is 1. The van der Waals surface area contributed by atoms with Gasteiger partial charge in [-0.05, 0) is 12.1 Å². The van der Waals surface area contributed by atoms with E-state index in [1.165, 1.54) is 19.1 Å². The predicted octanol–water partition coefficient (Wildman–Crippen LogP) is 4.28. The number of nitrogens with one attached hydrogen (secondary N) is 1. The molecule has 1 atom stereocenters. The molecule has 0 saturated carbocycles. The summed E-state index contributed by atoms with van der Waals surface area (Å²) in [6, 6.07) is 15.3. The van der Waals surface area contributed by atoms with Crippen LogP contribution < -0.4 is 5.32 Å². The van der Waals surface area contributed by atoms with Crippen LogP contribution in [-0.4, -0.2) is 28.5 Å². The second kappa shape index (κ2) is 7.92. The standard InChI is InChI=1S/C21H16FN3O3S/c1-12(26)19-18(13-6-3-2-4-7-13)23-21(29-19)24-20(27)17-11-16(25-28-17)14-8-5-9-15(22)10-14/h2-10,17H,11H2,1H3,(H,23,24,27). The first-order chi connectivity index (χ1) is 14.0. The molecule has 0 bridgehead atoms. The minimum absolute atomic E-state index is 0.129. The van der Waals surface area contributed by atoms with Gasteiger partial charge in [-0.3, -0.25) is 14.9 Å². The highest BCUT2D eigenvalue weighted by Gasteiger charge is 2.30. The van der Waals surface area contributed by atoms with Crippen LogP contribution in [0.1, 0.15) is 28.6 Å². The van der Waals surface area contributed by atoms with Crippen molar-refractivity contribution in [2.24, 2.45) is 5.16 Å². The number of benzene rings is 2. The highest BCUT2D eigenvalue weighted by Crippen LogP contribution is 2.32. The molecule has 29 heavy (non-hydrogen) atoms. The Morgan fingerprint density at radius 3 is 2.62 bits per heavy atom. The van der Waals surface area contributed by atoms with Crippen LogP contribution in [0.5, 0.6) is 0 Å². The Labute approximate surface area is 170 Å². The van der Waals surface area contributed by atoms with Crippen molar-refractivity contribution >= 4 is 33.9 Å². The third-order valence-electron chi connectivity index (χ3n) is 4.34. The summed E-state index contributed by atoms with van der Waals surface area (Å²) in [7, 11) is 0. The van der Waals surface area contributed by atoms with E-state index in [9.17, 15) is 14.0 Å². The zero-order valence-corrected chi connectivity index (χ0v) is 16.2. The first kappa shape index (κ1) is 18.9. The van der Waals surface area contributed by atoms with Gasteiger partial charge in [0.2, 0.25) is 6.10 Å². The first-order valence-corrected chi connectivity index (χ1v) is 9.69. The average Bonchev–Trinajstić information content (AvgIpc) is 3.36. The molecule has 8 heteroatoms. The summed E-state index contributed by atoms with van der Waals surface area (Å²) in [5.74, 6) is -0.939. The maximum atomic E-state index is 13.4. The lowest BCUT2D eigenvalue weighted by atomic mass is 10.0. The quantitative estimate of drug-likeness (QED) is 0.638. The van der Waals surface area contributed by atoms with Gasteiger partial charge in [0.15, 0.2) is 10.9 Å². The number of nitrogens with zero attached hydrogens (tertiary/aromatic N) is 2. The molecule has 4 rings (SSSR count). The lowest BCUT2D eigenvalue weighted by Crippen LogP contribution is -2.28. The molecule has 0 aliphatic carbocycles. The second-order valence-corrected chi connectivity index (χ2v) is 7.45. The van der Waals surface area contributed by atoms with Crippen molar-refractivity contribution in [3.05, 3.63) is 70.9 Å². The molecule has 3 aromatic rings. The molecule has 146 valence electrons. The molecule has 0 radical (unpaired) electrons. The second-order valence-electron chi connectivity index (χ2n) is 6.45. The van der Waals surface area contributed by atoms with Crippen molar-refractivity contribution in [3.8, 4) is 11.3 Å². The normalized spacial score (nSPS) is 15.5. The first-order valence-electron chi connectivity index (χ1n) is 8.88. The molecule has 1 N–H and O–H groups in total. The number of rotatable bonds is 5. The Bertz CT molecular complexity index is 1110. The van der Waals surface area contributed by atoms with E-state index in [0.717, 1.165) is 16.9 Å². The summed E-state index contributed by atoms with van der Waals surface area (Å²) in [4.78, 5) is 34.7. The van der Waals surface area contributed by atoms with Gasteiger partial charge in [-0.2, -0.15) is 0 Å². The molecule has 2 aromatic carbocycles. The van der Waals surface area contributed by atoms with Crippen LogP contribution in [0.3, 0.4) is 0 Å². The van der Waals surface area contributed by atoms with Gasteiger partial charge in [-0.15, -0.1) is 0 Å². The highest BCUT2D eigenvalue weighted by molar-refractivity contribution is 7.18. The number of oxime groups is 1. The third kappa shape index (κ3) is 4.07. The summed E-state index contributed by atoms with van der Waals surface area (Å²) >= 11 is 1.11. The third-order valence-corrected chi connectivity index (χ3v) is 5.42. The Hall–Kier alpha value is -3.39. The number of carbonyl (C=O) groups excluding carboxylic acids is 2. The molecule has 1 aromatic heterocycles. The lowest BCUT2D eigenvalue weighted by Gasteiger charge is -2.07. The maximum absolute atomic E-state index is 13.4. The molecule has 1 unspecified atom stereocenters. The Kier molecular flexibility index (Phi) is 5.18. The van der Waals surface area contributed by atoms with E-state index in [2.05, 4.69) is 15.5 Å². The molecule has 1 aliphatic heterocycles. The van der Waals surface area contributed by atoms with E-state index in [1.54, 1.807) is 12.1 Å². The van der Waals surface area contributed by atoms with Gasteiger partial charge in [0.1, 0.15) is 5.82 Å². The van der Waals surface area contributed by atoms with E-state index in [-0.39, 0.29) is 18.0 Å². The van der Waals surface area contributed by atoms with Crippen LogP contribution in [0.15, 0.2) is 59.8 Å². The molecular weight excluding hydrogens is 393 g/mol. The zero-order chi connectivity index (χ0) is 20.4. The molecule has 6 nitrogen and oxygen atoms in total. The predicted molar refractivity (Wildman–Crippen MR) is 109 cm³/mol. The number of hydrogen-bond acceptors (Lipinski definition) is 6. The fraction of sp³-hybridized carbons (Fsp3) is 0.143. The van der Waals surface area contributed by atoms with Gasteiger partial charge in [0, 0.05) is 24.5 Å². The van der Waals surface area contributed by atoms with Crippen LogP contribution in [0.25, 0.3) is 11.3 Å². The summed E-state index contributed by atoms with van der Waals surface area (Å²) in [5.41, 5.74) is 2.39. The van der Waals surface area contributed by atoms with E-state index < -0.39 is 12.0 Å². The monoisotopic (exact) mass is 409 g/mol. The lowest BCUT2D eigenvalue weighted by molar-refractivity contribution is -0.125. The van der Waals surface area contributed by atoms with Crippen molar-refractivity contribution < 1.29 is 18.8 Å². The van der Waals surface area contributed by atoms with Crippen molar-refractivity contribution in [1.29, 1.82) is 0 Å². The van der Waals surface area contributed by atoms with Gasteiger partial charge in [-0.25, -0.2) is 9.37 Å². The largest absolute Gasteiger partial charge is 0.382 e. The van der Waals surface area contributed by atoms with Gasteiger partial charge >= 0.3 is 0 Å². The van der Waals surface area contributed by atoms with E-state index in [0.29, 0.717) is 27.0 Å². The van der Waals surface area contributed by atoms with Crippen molar-refractivity contribution in [3.63, 3.8) is 0 Å². The van der Waals surface area contributed by atoms with Crippen LogP contribution in [0.4, 0.5) is 9.52 Å². The number of hydrogen-bond donors (Lipinski definition) is 1. The molecule has 0 fully saturated rings. The number of halogens is 1. The van der Waals surface area contributed by atoms with Crippen molar-refractivity contribution in [2.45, 2.75) is 19.4 Å². The summed E-state index contributed by atoms with van der Waals surface area (Å²) in [5, 5.41) is 6.91. The van der Waals surface area contributed by atoms with Crippen LogP contribution >= 0.6 is 11.3 Å². The fourth-order valence-electron chi connectivity index (χ4n) is 2.95. The average molecular weight is 409 g/mol. The highest BCUT2D eigenvalue weighted by atomic mass is 32.1. The smallest absolute Gasteiger partial charge is 0.270 e. The van der Waals surface area contributed by atoms with Crippen LogP contribution in [0.2, 0.25) is 0 Å². The van der Waals surface area contributed by atoms with Gasteiger partial charge in [0.25, 0.3) is 5.91 Å². The number of anilines is 1. The Balaban J connectivity index is 1.49. The fourth-order valence-corrected chi connectivity index (χ4v) is 3.83. The zero-order valence-electron chi connectivity index (χ0n) is 15.4. The minimum Gasteiger partial charge on any atom is -0.382 e. The molecule has 1 amide bonds. The van der Waals surface area contributed by atoms with Crippen LogP contribution in [0, 0.1) is 5.82 Å². The minimum atomic E-state index is -0.849. The van der Waals surface area contributed by atoms with Crippen molar-refractivity contribution in [2.75, 3.05) is 5.32 Å². The number of Topliss-reactive ketones (excluding diaryl/α,β-unsaturated/α-hetero) is 1. The van der Waals surface area contributed by atoms with Gasteiger partial charge < -0.3 is 4.84 Å². The number of aromatic nitrogens is 1. The van der Waals surface area contributed by atoms with E-state index in [4.69, 9.17) is 4.84 Å². The summed E-state index contributed by atoms with van der Waals surface area (Å²) in [6.45, 7) is 1.46. The van der Waals surface area contributed by atoms with Crippen molar-refractivity contribution in [1.82, 2.24) is 4.98 Å². The SMILES string of the molecule is CC(=O)c1sc(NC(=O)C2CC(c3cccc(F)c3)=NO2)nc1-c1ccccc1. The summed E-state index contributed by atoms with van der Waals surface area (Å²) < 4.78 is 13.4. The topological polar surface area (TPSA) is 80.7 Å². The molecular formula is C21H16FN3O3S. The Morgan fingerprint density at radius 1 is 1.14 bits per heavy atom. The van der Waals surface area contributed by atoms with Crippen LogP contribution in [-0.2, 0) is 9.63 Å². The Morgan fingerprint density at radius 2 is 1.90 bits per heavy atom. The maximum Gasteiger partial charge on any atom is 0.270 e. The molecule has 1 aliphatic rings. The summed E-state index contributed by atoms with van der Waals surface area (Å²) in [6.07, 6.45) is -0.635. The number of carbonyl (C=O) groups is 2. The molecule has 0 saturated heterocycles. The number of amides is 1. The van der Waals surface area contributed by atoms with E-state index >= 15 is 0 Å².